The molecule has 1 heterocycles. The van der Waals surface area contributed by atoms with Crippen molar-refractivity contribution in [3.63, 3.8) is 0 Å². The van der Waals surface area contributed by atoms with Crippen molar-refractivity contribution in [3.05, 3.63) is 12.4 Å². The second-order valence-electron chi connectivity index (χ2n) is 9.24. The van der Waals surface area contributed by atoms with E-state index in [-0.39, 0.29) is 0 Å². The zero-order valence-electron chi connectivity index (χ0n) is 20.9. The molecule has 0 aromatic rings. The summed E-state index contributed by atoms with van der Waals surface area (Å²) in [5, 5.41) is -5.25. The number of halogens is 4. The molecule has 0 radical (unpaired) electrons. The molecule has 5 nitrogen and oxygen atoms in total. The molecule has 0 fully saturated rings. The fourth-order valence-electron chi connectivity index (χ4n) is 4.01. The number of nitrogens with zero attached hydrogens (tertiary/aromatic N) is 2. The average Bonchev–Trinajstić information content (AvgIpc) is 3.11. The quantitative estimate of drug-likeness (QED) is 0.0901. The highest BCUT2D eigenvalue weighted by Gasteiger charge is 2.57. The van der Waals surface area contributed by atoms with Gasteiger partial charge >= 0.3 is 21.8 Å². The molecule has 0 N–H and O–H groups in total. The Labute approximate surface area is 204 Å². The molecule has 0 amide bonds. The largest absolute Gasteiger partial charge is 0.428 e. The molecular weight excluding hydrogens is 472 g/mol. The molecule has 1 aliphatic heterocycles. The van der Waals surface area contributed by atoms with E-state index in [0.29, 0.717) is 6.54 Å². The summed E-state index contributed by atoms with van der Waals surface area (Å²) in [7, 11) is -4.34. The van der Waals surface area contributed by atoms with Crippen molar-refractivity contribution in [1.82, 2.24) is 9.80 Å². The Morgan fingerprint density at radius 1 is 0.794 bits per heavy atom. The lowest BCUT2D eigenvalue weighted by molar-refractivity contribution is -0.0852. The zero-order chi connectivity index (χ0) is 25.5. The normalized spacial score (nSPS) is 16.9. The smallest absolute Gasteiger partial charge is 0.336 e. The summed E-state index contributed by atoms with van der Waals surface area (Å²) < 4.78 is 79.2. The fourth-order valence-corrected chi connectivity index (χ4v) is 4.83. The van der Waals surface area contributed by atoms with Gasteiger partial charge < -0.3 is 9.80 Å². The van der Waals surface area contributed by atoms with Gasteiger partial charge in [-0.1, -0.05) is 103 Å². The van der Waals surface area contributed by atoms with Gasteiger partial charge in [-0.3, -0.25) is 0 Å². The Morgan fingerprint density at radius 2 is 1.21 bits per heavy atom. The van der Waals surface area contributed by atoms with Crippen molar-refractivity contribution in [1.29, 1.82) is 0 Å². The van der Waals surface area contributed by atoms with Gasteiger partial charge in [-0.2, -0.15) is 17.2 Å². The molecule has 0 aliphatic carbocycles. The number of hydrogen-bond acceptors (Lipinski definition) is 5. The Kier molecular flexibility index (Phi) is 15.1. The van der Waals surface area contributed by atoms with Crippen LogP contribution in [0.15, 0.2) is 12.4 Å². The van der Waals surface area contributed by atoms with Crippen molar-refractivity contribution in [2.45, 2.75) is 128 Å². The van der Waals surface area contributed by atoms with Crippen LogP contribution in [0.1, 0.15) is 110 Å². The Morgan fingerprint density at radius 3 is 1.62 bits per heavy atom. The average molecular weight is 517 g/mol. The monoisotopic (exact) mass is 516 g/mol. The van der Waals surface area contributed by atoms with Crippen molar-refractivity contribution in [2.24, 2.45) is 0 Å². The van der Waals surface area contributed by atoms with Crippen LogP contribution in [0.5, 0.6) is 0 Å². The number of alkyl halides is 4. The number of unbranched alkanes of at least 4 members (excludes halogenated alkanes) is 15. The summed E-state index contributed by atoms with van der Waals surface area (Å²) in [6.07, 6.45) is 16.9. The third kappa shape index (κ3) is 11.1. The summed E-state index contributed by atoms with van der Waals surface area (Å²) >= 11 is 0. The van der Waals surface area contributed by atoms with Crippen LogP contribution >= 0.6 is 0 Å². The van der Waals surface area contributed by atoms with Gasteiger partial charge in [-0.05, 0) is 6.42 Å². The highest BCUT2D eigenvalue weighted by atomic mass is 32.2. The second-order valence-corrected chi connectivity index (χ2v) is 10.9. The molecule has 0 saturated carbocycles. The van der Waals surface area contributed by atoms with Gasteiger partial charge in [0, 0.05) is 26.0 Å². The molecule has 10 heteroatoms. The minimum atomic E-state index is -5.78. The maximum absolute atomic E-state index is 13.3. The van der Waals surface area contributed by atoms with Gasteiger partial charge in [0.2, 0.25) is 6.35 Å². The molecule has 0 aromatic carbocycles. The minimum absolute atomic E-state index is 0.389. The minimum Gasteiger partial charge on any atom is -0.336 e. The SMILES string of the molecule is CCCCCCCCCCCCCCCCCCN1C=CN(C)C1OS(=O)(=O)C(F)(F)C(F)F. The summed E-state index contributed by atoms with van der Waals surface area (Å²) in [5.41, 5.74) is 0. The van der Waals surface area contributed by atoms with Crippen molar-refractivity contribution in [2.75, 3.05) is 13.6 Å². The molecular formula is C24H44F4N2O3S. The molecule has 0 saturated heterocycles. The van der Waals surface area contributed by atoms with Crippen molar-refractivity contribution >= 4 is 10.1 Å². The van der Waals surface area contributed by atoms with E-state index in [1.54, 1.807) is 0 Å². The molecule has 0 spiro atoms. The van der Waals surface area contributed by atoms with E-state index < -0.39 is 28.1 Å². The summed E-state index contributed by atoms with van der Waals surface area (Å²) in [5.74, 6) is 0. The molecule has 1 rings (SSSR count). The summed E-state index contributed by atoms with van der Waals surface area (Å²) in [6, 6.07) is 0. The summed E-state index contributed by atoms with van der Waals surface area (Å²) in [6.45, 7) is 2.63. The van der Waals surface area contributed by atoms with Crippen LogP contribution in [-0.2, 0) is 14.3 Å². The first-order valence-electron chi connectivity index (χ1n) is 12.9. The Balaban J connectivity index is 2.09. The lowest BCUT2D eigenvalue weighted by Crippen LogP contribution is -2.46. The highest BCUT2D eigenvalue weighted by molar-refractivity contribution is 7.87. The van der Waals surface area contributed by atoms with Crippen molar-refractivity contribution in [3.8, 4) is 0 Å². The predicted molar refractivity (Wildman–Crippen MR) is 128 cm³/mol. The zero-order valence-corrected chi connectivity index (χ0v) is 21.7. The van der Waals surface area contributed by atoms with Crippen molar-refractivity contribution < 1.29 is 30.2 Å². The predicted octanol–water partition coefficient (Wildman–Crippen LogP) is 7.45. The van der Waals surface area contributed by atoms with Gasteiger partial charge in [-0.25, -0.2) is 13.0 Å². The van der Waals surface area contributed by atoms with Crippen LogP contribution in [0.4, 0.5) is 17.6 Å². The van der Waals surface area contributed by atoms with Crippen LogP contribution in [0.3, 0.4) is 0 Å². The van der Waals surface area contributed by atoms with E-state index in [9.17, 15) is 26.0 Å². The third-order valence-corrected chi connectivity index (χ3v) is 7.47. The van der Waals surface area contributed by atoms with Gasteiger partial charge in [-0.15, -0.1) is 0 Å². The lowest BCUT2D eigenvalue weighted by Gasteiger charge is -2.30. The van der Waals surface area contributed by atoms with E-state index in [0.717, 1.165) is 25.7 Å². The van der Waals surface area contributed by atoms with E-state index in [2.05, 4.69) is 11.1 Å². The van der Waals surface area contributed by atoms with Crippen LogP contribution < -0.4 is 0 Å². The Bertz CT molecular complexity index is 663. The van der Waals surface area contributed by atoms with Gasteiger partial charge in [0.1, 0.15) is 0 Å². The molecule has 202 valence electrons. The molecule has 0 aromatic heterocycles. The number of rotatable bonds is 21. The van der Waals surface area contributed by atoms with E-state index in [1.807, 2.05) is 0 Å². The van der Waals surface area contributed by atoms with E-state index in [1.165, 1.54) is 106 Å². The first kappa shape index (κ1) is 31.0. The van der Waals surface area contributed by atoms with Gasteiger partial charge in [0.25, 0.3) is 0 Å². The van der Waals surface area contributed by atoms with Crippen LogP contribution in [0.2, 0.25) is 0 Å². The molecule has 1 aliphatic rings. The standard InChI is InChI=1S/C24H44F4N2O3S/c1-3-4-5-6-7-8-9-10-11-12-13-14-15-16-17-18-19-30-21-20-29(2)23(30)33-34(31,32)24(27,28)22(25)26/h20-23H,3-19H2,1-2H3. The maximum atomic E-state index is 13.3. The summed E-state index contributed by atoms with van der Waals surface area (Å²) in [4.78, 5) is 2.69. The molecule has 1 unspecified atom stereocenters. The molecule has 0 bridgehead atoms. The highest BCUT2D eigenvalue weighted by Crippen LogP contribution is 2.33. The third-order valence-electron chi connectivity index (χ3n) is 6.20. The van der Waals surface area contributed by atoms with Gasteiger partial charge in [0.05, 0.1) is 0 Å². The molecule has 1 atom stereocenters. The maximum Gasteiger partial charge on any atom is 0.428 e. The Hall–Kier alpha value is -1.03. The van der Waals surface area contributed by atoms with Crippen LogP contribution in [0, 0.1) is 0 Å². The number of hydrogen-bond donors (Lipinski definition) is 0. The molecule has 34 heavy (non-hydrogen) atoms. The fraction of sp³-hybridized carbons (Fsp3) is 0.917. The van der Waals surface area contributed by atoms with Gasteiger partial charge in [0.15, 0.2) is 0 Å². The van der Waals surface area contributed by atoms with E-state index in [4.69, 9.17) is 0 Å². The first-order valence-corrected chi connectivity index (χ1v) is 14.3. The van der Waals surface area contributed by atoms with E-state index >= 15 is 0 Å². The lowest BCUT2D eigenvalue weighted by atomic mass is 10.0. The second kappa shape index (κ2) is 16.6. The first-order chi connectivity index (χ1) is 16.1. The van der Waals surface area contributed by atoms with Crippen LogP contribution in [0.25, 0.3) is 0 Å². The van der Waals surface area contributed by atoms with Crippen LogP contribution in [-0.4, -0.2) is 49.8 Å². The topological polar surface area (TPSA) is 49.9 Å².